The zero-order valence-electron chi connectivity index (χ0n) is 7.90. The van der Waals surface area contributed by atoms with Crippen molar-refractivity contribution in [2.75, 3.05) is 19.6 Å². The van der Waals surface area contributed by atoms with Gasteiger partial charge < -0.3 is 26.6 Å². The standard InChI is InChI=1S/C7H13N3O5/c8-1-5(12)10-3-6(13)9-2-4(11)7(14)15/h4,11H,1-3,8H2,(H,9,13)(H,10,12)(H,14,15). The van der Waals surface area contributed by atoms with E-state index < -0.39 is 30.4 Å². The van der Waals surface area contributed by atoms with E-state index >= 15 is 0 Å². The number of carboxylic acid groups (broad SMARTS) is 1. The lowest BCUT2D eigenvalue weighted by atomic mass is 10.3. The number of amides is 2. The SMILES string of the molecule is NCC(=O)NCC(=O)NCC(O)C(=O)O. The Bertz CT molecular complexity index is 255. The van der Waals surface area contributed by atoms with Crippen LogP contribution in [0.3, 0.4) is 0 Å². The maximum absolute atomic E-state index is 10.9. The van der Waals surface area contributed by atoms with Crippen molar-refractivity contribution in [1.82, 2.24) is 10.6 Å². The molecule has 1 unspecified atom stereocenters. The van der Waals surface area contributed by atoms with Crippen molar-refractivity contribution in [2.45, 2.75) is 6.10 Å². The van der Waals surface area contributed by atoms with Gasteiger partial charge in [0, 0.05) is 0 Å². The largest absolute Gasteiger partial charge is 0.479 e. The number of nitrogens with one attached hydrogen (secondary N) is 2. The Morgan fingerprint density at radius 3 is 2.27 bits per heavy atom. The van der Waals surface area contributed by atoms with Crippen LogP contribution in [-0.2, 0) is 14.4 Å². The summed E-state index contributed by atoms with van der Waals surface area (Å²) in [5.74, 6) is -2.53. The molecule has 0 rings (SSSR count). The molecular weight excluding hydrogens is 206 g/mol. The van der Waals surface area contributed by atoms with Crippen LogP contribution >= 0.6 is 0 Å². The fourth-order valence-corrected chi connectivity index (χ4v) is 0.611. The van der Waals surface area contributed by atoms with E-state index in [0.29, 0.717) is 0 Å². The van der Waals surface area contributed by atoms with Crippen LogP contribution in [0.15, 0.2) is 0 Å². The second-order valence-corrected chi connectivity index (χ2v) is 2.64. The molecule has 0 aliphatic carbocycles. The molecule has 0 saturated heterocycles. The second-order valence-electron chi connectivity index (χ2n) is 2.64. The van der Waals surface area contributed by atoms with Crippen molar-refractivity contribution in [3.8, 4) is 0 Å². The van der Waals surface area contributed by atoms with Crippen molar-refractivity contribution in [3.05, 3.63) is 0 Å². The molecule has 0 aromatic heterocycles. The van der Waals surface area contributed by atoms with Gasteiger partial charge in [-0.3, -0.25) is 9.59 Å². The molecule has 0 saturated carbocycles. The van der Waals surface area contributed by atoms with Gasteiger partial charge in [-0.15, -0.1) is 0 Å². The molecule has 0 heterocycles. The monoisotopic (exact) mass is 219 g/mol. The molecule has 2 amide bonds. The quantitative estimate of drug-likeness (QED) is 0.315. The van der Waals surface area contributed by atoms with Crippen molar-refractivity contribution in [3.63, 3.8) is 0 Å². The molecule has 8 heteroatoms. The van der Waals surface area contributed by atoms with E-state index in [4.69, 9.17) is 15.9 Å². The maximum Gasteiger partial charge on any atom is 0.334 e. The Labute approximate surface area is 85.4 Å². The summed E-state index contributed by atoms with van der Waals surface area (Å²) in [6.45, 7) is -0.944. The van der Waals surface area contributed by atoms with Crippen LogP contribution in [0.5, 0.6) is 0 Å². The summed E-state index contributed by atoms with van der Waals surface area (Å²) in [6, 6.07) is 0. The molecule has 86 valence electrons. The average molecular weight is 219 g/mol. The normalized spacial score (nSPS) is 11.6. The average Bonchev–Trinajstić information content (AvgIpc) is 2.21. The lowest BCUT2D eigenvalue weighted by Gasteiger charge is -2.08. The minimum absolute atomic E-state index is 0.231. The first-order valence-corrected chi connectivity index (χ1v) is 4.11. The van der Waals surface area contributed by atoms with E-state index in [0.717, 1.165) is 0 Å². The number of carbonyl (C=O) groups excluding carboxylic acids is 2. The van der Waals surface area contributed by atoms with Crippen LogP contribution in [0.2, 0.25) is 0 Å². The van der Waals surface area contributed by atoms with Gasteiger partial charge in [-0.25, -0.2) is 4.79 Å². The number of carboxylic acids is 1. The van der Waals surface area contributed by atoms with Gasteiger partial charge in [0.15, 0.2) is 6.10 Å². The number of aliphatic carboxylic acids is 1. The van der Waals surface area contributed by atoms with Gasteiger partial charge in [0.05, 0.1) is 19.6 Å². The number of aliphatic hydroxyl groups excluding tert-OH is 1. The van der Waals surface area contributed by atoms with Gasteiger partial charge >= 0.3 is 5.97 Å². The van der Waals surface area contributed by atoms with E-state index in [1.807, 2.05) is 0 Å². The molecule has 0 aliphatic heterocycles. The summed E-state index contributed by atoms with van der Waals surface area (Å²) in [6.07, 6.45) is -1.65. The number of hydrogen-bond acceptors (Lipinski definition) is 5. The van der Waals surface area contributed by atoms with Gasteiger partial charge in [0.25, 0.3) is 0 Å². The highest BCUT2D eigenvalue weighted by Gasteiger charge is 2.13. The van der Waals surface area contributed by atoms with Crippen LogP contribution in [0, 0.1) is 0 Å². The summed E-state index contributed by atoms with van der Waals surface area (Å²) < 4.78 is 0. The predicted molar refractivity (Wildman–Crippen MR) is 48.7 cm³/mol. The van der Waals surface area contributed by atoms with Gasteiger partial charge in [-0.1, -0.05) is 0 Å². The summed E-state index contributed by atoms with van der Waals surface area (Å²) in [4.78, 5) is 31.7. The fraction of sp³-hybridized carbons (Fsp3) is 0.571. The van der Waals surface area contributed by atoms with Gasteiger partial charge in [0.2, 0.25) is 11.8 Å². The summed E-state index contributed by atoms with van der Waals surface area (Å²) in [5, 5.41) is 21.3. The molecule has 15 heavy (non-hydrogen) atoms. The first kappa shape index (κ1) is 13.3. The zero-order valence-corrected chi connectivity index (χ0v) is 7.90. The lowest BCUT2D eigenvalue weighted by molar-refractivity contribution is -0.146. The van der Waals surface area contributed by atoms with Crippen LogP contribution in [-0.4, -0.2) is 53.7 Å². The van der Waals surface area contributed by atoms with Crippen molar-refractivity contribution < 1.29 is 24.6 Å². The molecule has 0 fully saturated rings. The van der Waals surface area contributed by atoms with E-state index in [1.54, 1.807) is 0 Å². The molecule has 0 radical (unpaired) electrons. The minimum Gasteiger partial charge on any atom is -0.479 e. The number of nitrogens with two attached hydrogens (primary N) is 1. The molecule has 8 nitrogen and oxygen atoms in total. The van der Waals surface area contributed by atoms with Crippen molar-refractivity contribution in [2.24, 2.45) is 5.73 Å². The third-order valence-corrected chi connectivity index (χ3v) is 1.41. The van der Waals surface area contributed by atoms with E-state index in [9.17, 15) is 14.4 Å². The molecule has 6 N–H and O–H groups in total. The van der Waals surface area contributed by atoms with E-state index in [2.05, 4.69) is 10.6 Å². The van der Waals surface area contributed by atoms with Crippen LogP contribution < -0.4 is 16.4 Å². The number of rotatable bonds is 6. The molecule has 0 spiro atoms. The summed E-state index contributed by atoms with van der Waals surface area (Å²) in [7, 11) is 0. The number of aliphatic hydroxyl groups is 1. The van der Waals surface area contributed by atoms with E-state index in [-0.39, 0.29) is 13.1 Å². The molecule has 0 bridgehead atoms. The number of hydrogen-bond donors (Lipinski definition) is 5. The lowest BCUT2D eigenvalue weighted by Crippen LogP contribution is -2.43. The highest BCUT2D eigenvalue weighted by Crippen LogP contribution is 1.79. The van der Waals surface area contributed by atoms with Crippen LogP contribution in [0.4, 0.5) is 0 Å². The van der Waals surface area contributed by atoms with E-state index in [1.165, 1.54) is 0 Å². The highest BCUT2D eigenvalue weighted by atomic mass is 16.4. The molecule has 0 aromatic carbocycles. The fourth-order valence-electron chi connectivity index (χ4n) is 0.611. The van der Waals surface area contributed by atoms with Gasteiger partial charge in [0.1, 0.15) is 0 Å². The Balaban J connectivity index is 3.66. The first-order chi connectivity index (χ1) is 6.97. The van der Waals surface area contributed by atoms with Crippen LogP contribution in [0.25, 0.3) is 0 Å². The van der Waals surface area contributed by atoms with Gasteiger partial charge in [-0.2, -0.15) is 0 Å². The second kappa shape index (κ2) is 6.74. The summed E-state index contributed by atoms with van der Waals surface area (Å²) >= 11 is 0. The predicted octanol–water partition coefficient (Wildman–Crippen LogP) is -3.38. The topological polar surface area (TPSA) is 142 Å². The molecule has 0 aromatic rings. The Morgan fingerprint density at radius 2 is 1.80 bits per heavy atom. The summed E-state index contributed by atoms with van der Waals surface area (Å²) in [5.41, 5.74) is 4.96. The Hall–Kier alpha value is -1.67. The Morgan fingerprint density at radius 1 is 1.20 bits per heavy atom. The minimum atomic E-state index is -1.65. The third-order valence-electron chi connectivity index (χ3n) is 1.41. The van der Waals surface area contributed by atoms with Crippen molar-refractivity contribution in [1.29, 1.82) is 0 Å². The van der Waals surface area contributed by atoms with Crippen molar-refractivity contribution >= 4 is 17.8 Å². The van der Waals surface area contributed by atoms with Crippen LogP contribution in [0.1, 0.15) is 0 Å². The molecule has 1 atom stereocenters. The molecule has 0 aliphatic rings. The maximum atomic E-state index is 10.9. The third kappa shape index (κ3) is 6.41. The van der Waals surface area contributed by atoms with Gasteiger partial charge in [-0.05, 0) is 0 Å². The number of carbonyl (C=O) groups is 3. The first-order valence-electron chi connectivity index (χ1n) is 4.11. The Kier molecular flexibility index (Phi) is 5.99. The highest BCUT2D eigenvalue weighted by molar-refractivity contribution is 5.85. The smallest absolute Gasteiger partial charge is 0.334 e. The molecular formula is C7H13N3O5. The zero-order chi connectivity index (χ0) is 11.8.